The van der Waals surface area contributed by atoms with E-state index in [0.29, 0.717) is 5.69 Å². The van der Waals surface area contributed by atoms with E-state index in [1.165, 1.54) is 6.33 Å². The molecule has 1 heterocycles. The number of H-pyrrole nitrogens is 1. The molecule has 0 aliphatic heterocycles. The van der Waals surface area contributed by atoms with E-state index < -0.39 is 18.2 Å². The summed E-state index contributed by atoms with van der Waals surface area (Å²) in [6.07, 6.45) is -1.60. The van der Waals surface area contributed by atoms with Gasteiger partial charge in [0, 0.05) is 5.69 Å². The van der Waals surface area contributed by atoms with Crippen LogP contribution in [0.25, 0.3) is 0 Å². The van der Waals surface area contributed by atoms with Gasteiger partial charge in [0.15, 0.2) is 6.10 Å². The molecule has 0 saturated heterocycles. The van der Waals surface area contributed by atoms with Crippen LogP contribution in [0.1, 0.15) is 17.5 Å². The highest BCUT2D eigenvalue weighted by Crippen LogP contribution is 2.17. The van der Waals surface area contributed by atoms with E-state index in [4.69, 9.17) is 0 Å². The fourth-order valence-corrected chi connectivity index (χ4v) is 1.07. The molecule has 0 bridgehead atoms. The molecule has 0 fully saturated rings. The van der Waals surface area contributed by atoms with Crippen LogP contribution in [-0.4, -0.2) is 39.4 Å². The molecule has 0 aromatic carbocycles. The van der Waals surface area contributed by atoms with Crippen molar-refractivity contribution in [3.05, 3.63) is 17.7 Å². The van der Waals surface area contributed by atoms with Crippen LogP contribution in [-0.2, 0) is 9.53 Å². The number of nitrogens with one attached hydrogen (secondary N) is 1. The monoisotopic (exact) mass is 200 g/mol. The Balaban J connectivity index is 2.80. The molecule has 1 aromatic heterocycles. The predicted molar refractivity (Wildman–Crippen MR) is 46.3 cm³/mol. The molecule has 6 nitrogen and oxygen atoms in total. The highest BCUT2D eigenvalue weighted by Gasteiger charge is 2.28. The second-order valence-corrected chi connectivity index (χ2v) is 2.83. The number of aryl methyl sites for hydroxylation is 1. The van der Waals surface area contributed by atoms with Crippen molar-refractivity contribution in [2.75, 3.05) is 7.11 Å². The Labute approximate surface area is 80.5 Å². The number of hydrogen-bond acceptors (Lipinski definition) is 5. The molecule has 3 N–H and O–H groups in total. The fraction of sp³-hybridized carbons (Fsp3) is 0.500. The Hall–Kier alpha value is -1.40. The van der Waals surface area contributed by atoms with E-state index in [1.54, 1.807) is 6.92 Å². The SMILES string of the molecule is COC(=O)C(O)C(O)c1nc[nH]c1C. The first kappa shape index (κ1) is 10.7. The van der Waals surface area contributed by atoms with Gasteiger partial charge in [0.05, 0.1) is 19.1 Å². The van der Waals surface area contributed by atoms with Gasteiger partial charge in [-0.25, -0.2) is 9.78 Å². The number of aliphatic hydroxyl groups is 2. The summed E-state index contributed by atoms with van der Waals surface area (Å²) in [5.41, 5.74) is 0.836. The van der Waals surface area contributed by atoms with E-state index in [-0.39, 0.29) is 5.69 Å². The first-order chi connectivity index (χ1) is 6.57. The molecular weight excluding hydrogens is 188 g/mol. The van der Waals surface area contributed by atoms with E-state index in [1.807, 2.05) is 0 Å². The van der Waals surface area contributed by atoms with Crippen molar-refractivity contribution in [1.82, 2.24) is 9.97 Å². The molecule has 0 saturated carbocycles. The van der Waals surface area contributed by atoms with Crippen molar-refractivity contribution in [3.8, 4) is 0 Å². The highest BCUT2D eigenvalue weighted by molar-refractivity contribution is 5.75. The van der Waals surface area contributed by atoms with Crippen molar-refractivity contribution < 1.29 is 19.7 Å². The molecular formula is C8H12N2O4. The van der Waals surface area contributed by atoms with Crippen LogP contribution in [0.5, 0.6) is 0 Å². The summed E-state index contributed by atoms with van der Waals surface area (Å²) in [6.45, 7) is 1.68. The minimum absolute atomic E-state index is 0.239. The van der Waals surface area contributed by atoms with E-state index in [2.05, 4.69) is 14.7 Å². The van der Waals surface area contributed by atoms with E-state index in [9.17, 15) is 15.0 Å². The third-order valence-electron chi connectivity index (χ3n) is 1.89. The minimum atomic E-state index is -1.61. The molecule has 78 valence electrons. The lowest BCUT2D eigenvalue weighted by Gasteiger charge is -2.14. The van der Waals surface area contributed by atoms with Crippen LogP contribution < -0.4 is 0 Å². The number of aromatic amines is 1. The van der Waals surface area contributed by atoms with Crippen molar-refractivity contribution >= 4 is 5.97 Å². The molecule has 2 atom stereocenters. The zero-order chi connectivity index (χ0) is 10.7. The number of ether oxygens (including phenoxy) is 1. The van der Waals surface area contributed by atoms with Gasteiger partial charge < -0.3 is 19.9 Å². The Morgan fingerprint density at radius 2 is 2.29 bits per heavy atom. The smallest absolute Gasteiger partial charge is 0.337 e. The number of nitrogens with zero attached hydrogens (tertiary/aromatic N) is 1. The van der Waals surface area contributed by atoms with Crippen LogP contribution >= 0.6 is 0 Å². The van der Waals surface area contributed by atoms with Crippen molar-refractivity contribution in [1.29, 1.82) is 0 Å². The Bertz CT molecular complexity index is 323. The average molecular weight is 200 g/mol. The minimum Gasteiger partial charge on any atom is -0.467 e. The van der Waals surface area contributed by atoms with Gasteiger partial charge in [-0.2, -0.15) is 0 Å². The number of methoxy groups -OCH3 is 1. The maximum atomic E-state index is 10.9. The first-order valence-corrected chi connectivity index (χ1v) is 4.01. The number of aromatic nitrogens is 2. The molecule has 1 aromatic rings. The molecule has 14 heavy (non-hydrogen) atoms. The van der Waals surface area contributed by atoms with Crippen LogP contribution in [0.4, 0.5) is 0 Å². The van der Waals surface area contributed by atoms with Gasteiger partial charge in [0.1, 0.15) is 6.10 Å². The summed E-state index contributed by atoms with van der Waals surface area (Å²) in [7, 11) is 1.13. The van der Waals surface area contributed by atoms with Crippen molar-refractivity contribution in [2.24, 2.45) is 0 Å². The average Bonchev–Trinajstić information content (AvgIpc) is 2.61. The van der Waals surface area contributed by atoms with Crippen LogP contribution in [0, 0.1) is 6.92 Å². The number of imidazole rings is 1. The van der Waals surface area contributed by atoms with Crippen molar-refractivity contribution in [2.45, 2.75) is 19.1 Å². The third kappa shape index (κ3) is 1.91. The quantitative estimate of drug-likeness (QED) is 0.560. The zero-order valence-electron chi connectivity index (χ0n) is 7.89. The number of rotatable bonds is 3. The molecule has 1 rings (SSSR count). The van der Waals surface area contributed by atoms with Gasteiger partial charge >= 0.3 is 5.97 Å². The lowest BCUT2D eigenvalue weighted by atomic mass is 10.1. The van der Waals surface area contributed by atoms with Gasteiger partial charge in [0.25, 0.3) is 0 Å². The molecule has 0 amide bonds. The molecule has 2 unspecified atom stereocenters. The molecule has 0 radical (unpaired) electrons. The lowest BCUT2D eigenvalue weighted by molar-refractivity contribution is -0.157. The standard InChI is InChI=1S/C8H12N2O4/c1-4-5(10-3-9-4)6(11)7(12)8(13)14-2/h3,6-7,11-12H,1-2H3,(H,9,10). The fourth-order valence-electron chi connectivity index (χ4n) is 1.07. The maximum absolute atomic E-state index is 10.9. The van der Waals surface area contributed by atoms with E-state index in [0.717, 1.165) is 7.11 Å². The zero-order valence-corrected chi connectivity index (χ0v) is 7.89. The van der Waals surface area contributed by atoms with Crippen LogP contribution in [0.2, 0.25) is 0 Å². The molecule has 0 spiro atoms. The Morgan fingerprint density at radius 1 is 1.64 bits per heavy atom. The Kier molecular flexibility index (Phi) is 3.21. The number of hydrogen-bond donors (Lipinski definition) is 3. The predicted octanol–water partition coefficient (Wildman–Crippen LogP) is -0.715. The second-order valence-electron chi connectivity index (χ2n) is 2.83. The number of aliphatic hydroxyl groups excluding tert-OH is 2. The maximum Gasteiger partial charge on any atom is 0.337 e. The van der Waals surface area contributed by atoms with E-state index >= 15 is 0 Å². The van der Waals surface area contributed by atoms with Crippen LogP contribution in [0.15, 0.2) is 6.33 Å². The summed E-state index contributed by atoms with van der Waals surface area (Å²) in [5.74, 6) is -0.889. The highest BCUT2D eigenvalue weighted by atomic mass is 16.5. The summed E-state index contributed by atoms with van der Waals surface area (Å²) in [4.78, 5) is 17.4. The largest absolute Gasteiger partial charge is 0.467 e. The summed E-state index contributed by atoms with van der Waals surface area (Å²) in [5, 5.41) is 18.8. The van der Waals surface area contributed by atoms with Gasteiger partial charge in [0.2, 0.25) is 0 Å². The summed E-state index contributed by atoms with van der Waals surface area (Å²) < 4.78 is 4.28. The van der Waals surface area contributed by atoms with Gasteiger partial charge in [-0.15, -0.1) is 0 Å². The van der Waals surface area contributed by atoms with Gasteiger partial charge in [-0.3, -0.25) is 0 Å². The number of carbonyl (C=O) groups is 1. The molecule has 0 aliphatic carbocycles. The molecule has 0 aliphatic rings. The number of esters is 1. The second kappa shape index (κ2) is 4.21. The topological polar surface area (TPSA) is 95.4 Å². The summed E-state index contributed by atoms with van der Waals surface area (Å²) in [6, 6.07) is 0. The lowest BCUT2D eigenvalue weighted by Crippen LogP contribution is -2.29. The Morgan fingerprint density at radius 3 is 2.71 bits per heavy atom. The summed E-state index contributed by atoms with van der Waals surface area (Å²) >= 11 is 0. The van der Waals surface area contributed by atoms with Gasteiger partial charge in [-0.05, 0) is 6.92 Å². The number of carbonyl (C=O) groups excluding carboxylic acids is 1. The van der Waals surface area contributed by atoms with Gasteiger partial charge in [-0.1, -0.05) is 0 Å². The third-order valence-corrected chi connectivity index (χ3v) is 1.89. The normalized spacial score (nSPS) is 14.9. The first-order valence-electron chi connectivity index (χ1n) is 4.01. The van der Waals surface area contributed by atoms with Crippen LogP contribution in [0.3, 0.4) is 0 Å². The molecule has 6 heteroatoms. The van der Waals surface area contributed by atoms with Crippen molar-refractivity contribution in [3.63, 3.8) is 0 Å².